The Labute approximate surface area is 120 Å². The number of aliphatic carboxylic acids is 1. The van der Waals surface area contributed by atoms with Crippen LogP contribution in [0.1, 0.15) is 57.8 Å². The van der Waals surface area contributed by atoms with Crippen molar-refractivity contribution in [3.63, 3.8) is 0 Å². The van der Waals surface area contributed by atoms with E-state index in [0.29, 0.717) is 25.7 Å². The number of sulfone groups is 1. The van der Waals surface area contributed by atoms with Crippen LogP contribution in [0.5, 0.6) is 0 Å². The molecular formula is C14H24O5S. The topological polar surface area (TPSA) is 91.7 Å². The van der Waals surface area contributed by atoms with Crippen molar-refractivity contribution in [3.05, 3.63) is 0 Å². The fourth-order valence-electron chi connectivity index (χ4n) is 3.46. The van der Waals surface area contributed by atoms with Crippen molar-refractivity contribution in [2.24, 2.45) is 5.92 Å². The van der Waals surface area contributed by atoms with E-state index in [4.69, 9.17) is 5.11 Å². The molecule has 2 N–H and O–H groups in total. The SMILES string of the molecule is O=C(O)C1CCC(O)(CS(=O)(=O)C2CCCCC2)CC1. The van der Waals surface area contributed by atoms with E-state index in [1.54, 1.807) is 0 Å². The first-order valence-corrected chi connectivity index (χ1v) is 9.21. The van der Waals surface area contributed by atoms with Crippen LogP contribution in [-0.2, 0) is 14.6 Å². The molecule has 2 aliphatic carbocycles. The summed E-state index contributed by atoms with van der Waals surface area (Å²) >= 11 is 0. The number of aliphatic hydroxyl groups is 1. The molecular weight excluding hydrogens is 280 g/mol. The van der Waals surface area contributed by atoms with Crippen molar-refractivity contribution in [3.8, 4) is 0 Å². The highest BCUT2D eigenvalue weighted by atomic mass is 32.2. The van der Waals surface area contributed by atoms with E-state index in [1.165, 1.54) is 0 Å². The predicted molar refractivity (Wildman–Crippen MR) is 75.2 cm³/mol. The zero-order chi connectivity index (χ0) is 14.8. The maximum Gasteiger partial charge on any atom is 0.306 e. The van der Waals surface area contributed by atoms with Gasteiger partial charge in [-0.1, -0.05) is 19.3 Å². The zero-order valence-electron chi connectivity index (χ0n) is 11.8. The number of carboxylic acids is 1. The van der Waals surface area contributed by atoms with Crippen molar-refractivity contribution < 1.29 is 23.4 Å². The highest BCUT2D eigenvalue weighted by Crippen LogP contribution is 2.35. The van der Waals surface area contributed by atoms with Gasteiger partial charge in [0.25, 0.3) is 0 Å². The van der Waals surface area contributed by atoms with Crippen LogP contribution in [0, 0.1) is 5.92 Å². The van der Waals surface area contributed by atoms with E-state index < -0.39 is 27.3 Å². The van der Waals surface area contributed by atoms with E-state index >= 15 is 0 Å². The van der Waals surface area contributed by atoms with Crippen LogP contribution in [0.3, 0.4) is 0 Å². The largest absolute Gasteiger partial charge is 0.481 e. The second kappa shape index (κ2) is 6.02. The van der Waals surface area contributed by atoms with Crippen LogP contribution < -0.4 is 0 Å². The number of rotatable bonds is 4. The second-order valence-electron chi connectivity index (χ2n) is 6.40. The second-order valence-corrected chi connectivity index (χ2v) is 8.69. The molecule has 0 aromatic carbocycles. The third kappa shape index (κ3) is 3.73. The zero-order valence-corrected chi connectivity index (χ0v) is 12.6. The van der Waals surface area contributed by atoms with Gasteiger partial charge in [-0.05, 0) is 38.5 Å². The van der Waals surface area contributed by atoms with Crippen LogP contribution in [0.25, 0.3) is 0 Å². The average Bonchev–Trinajstić information content (AvgIpc) is 2.39. The molecule has 0 aromatic heterocycles. The summed E-state index contributed by atoms with van der Waals surface area (Å²) in [4.78, 5) is 10.9. The third-order valence-electron chi connectivity index (χ3n) is 4.80. The van der Waals surface area contributed by atoms with Crippen LogP contribution in [0.2, 0.25) is 0 Å². The molecule has 2 fully saturated rings. The Morgan fingerprint density at radius 1 is 1.05 bits per heavy atom. The Morgan fingerprint density at radius 3 is 2.10 bits per heavy atom. The average molecular weight is 304 g/mol. The van der Waals surface area contributed by atoms with Crippen LogP contribution >= 0.6 is 0 Å². The summed E-state index contributed by atoms with van der Waals surface area (Å²) in [6.07, 6.45) is 5.68. The normalized spacial score (nSPS) is 33.0. The minimum Gasteiger partial charge on any atom is -0.481 e. The van der Waals surface area contributed by atoms with Crippen molar-refractivity contribution in [1.29, 1.82) is 0 Å². The van der Waals surface area contributed by atoms with Gasteiger partial charge in [-0.15, -0.1) is 0 Å². The lowest BCUT2D eigenvalue weighted by molar-refractivity contribution is -0.144. The summed E-state index contributed by atoms with van der Waals surface area (Å²) in [5.74, 6) is -1.48. The van der Waals surface area contributed by atoms with Crippen molar-refractivity contribution in [2.75, 3.05) is 5.75 Å². The summed E-state index contributed by atoms with van der Waals surface area (Å²) in [5.41, 5.74) is -1.22. The maximum atomic E-state index is 12.4. The molecule has 0 saturated heterocycles. The molecule has 0 heterocycles. The first-order chi connectivity index (χ1) is 9.32. The first kappa shape index (κ1) is 15.8. The lowest BCUT2D eigenvalue weighted by atomic mass is 9.80. The Morgan fingerprint density at radius 2 is 1.60 bits per heavy atom. The van der Waals surface area contributed by atoms with Gasteiger partial charge in [-0.3, -0.25) is 4.79 Å². The molecule has 116 valence electrons. The Bertz CT molecular complexity index is 442. The molecule has 0 radical (unpaired) electrons. The van der Waals surface area contributed by atoms with Gasteiger partial charge in [0.1, 0.15) is 0 Å². The highest BCUT2D eigenvalue weighted by Gasteiger charge is 2.41. The maximum absolute atomic E-state index is 12.4. The molecule has 0 unspecified atom stereocenters. The van der Waals surface area contributed by atoms with Crippen LogP contribution in [0.15, 0.2) is 0 Å². The van der Waals surface area contributed by atoms with Gasteiger partial charge in [-0.25, -0.2) is 8.42 Å². The van der Waals surface area contributed by atoms with Gasteiger partial charge in [0, 0.05) is 0 Å². The number of hydrogen-bond acceptors (Lipinski definition) is 4. The molecule has 2 aliphatic rings. The molecule has 5 nitrogen and oxygen atoms in total. The van der Waals surface area contributed by atoms with Gasteiger partial charge in [0.2, 0.25) is 0 Å². The molecule has 20 heavy (non-hydrogen) atoms. The van der Waals surface area contributed by atoms with Gasteiger partial charge >= 0.3 is 5.97 Å². The van der Waals surface area contributed by atoms with Crippen molar-refractivity contribution >= 4 is 15.8 Å². The van der Waals surface area contributed by atoms with Gasteiger partial charge in [0.05, 0.1) is 22.5 Å². The Balaban J connectivity index is 1.96. The molecule has 0 spiro atoms. The minimum absolute atomic E-state index is 0.197. The van der Waals surface area contributed by atoms with Gasteiger partial charge in [0.15, 0.2) is 9.84 Å². The van der Waals surface area contributed by atoms with Crippen molar-refractivity contribution in [1.82, 2.24) is 0 Å². The fraction of sp³-hybridized carbons (Fsp3) is 0.929. The quantitative estimate of drug-likeness (QED) is 0.825. The van der Waals surface area contributed by atoms with Gasteiger partial charge in [-0.2, -0.15) is 0 Å². The minimum atomic E-state index is -3.28. The standard InChI is InChI=1S/C14H24O5S/c15-13(16)11-6-8-14(17,9-7-11)10-20(18,19)12-4-2-1-3-5-12/h11-12,17H,1-10H2,(H,15,16). The van der Waals surface area contributed by atoms with Crippen LogP contribution in [0.4, 0.5) is 0 Å². The smallest absolute Gasteiger partial charge is 0.306 e. The third-order valence-corrected chi connectivity index (χ3v) is 7.22. The summed E-state index contributed by atoms with van der Waals surface area (Å²) in [6.45, 7) is 0. The molecule has 6 heteroatoms. The van der Waals surface area contributed by atoms with E-state index in [0.717, 1.165) is 19.3 Å². The molecule has 0 atom stereocenters. The molecule has 0 bridgehead atoms. The summed E-state index contributed by atoms with van der Waals surface area (Å²) in [5, 5.41) is 19.1. The number of hydrogen-bond donors (Lipinski definition) is 2. The van der Waals surface area contributed by atoms with Crippen LogP contribution in [-0.4, -0.2) is 41.2 Å². The molecule has 0 amide bonds. The van der Waals surface area contributed by atoms with Crippen molar-refractivity contribution in [2.45, 2.75) is 68.6 Å². The van der Waals surface area contributed by atoms with E-state index in [1.807, 2.05) is 0 Å². The highest BCUT2D eigenvalue weighted by molar-refractivity contribution is 7.92. The van der Waals surface area contributed by atoms with Gasteiger partial charge < -0.3 is 10.2 Å². The molecule has 2 saturated carbocycles. The summed E-state index contributed by atoms with van der Waals surface area (Å²) in [6, 6.07) is 0. The predicted octanol–water partition coefficient (Wildman–Crippen LogP) is 1.74. The summed E-state index contributed by atoms with van der Waals surface area (Å²) in [7, 11) is -3.28. The first-order valence-electron chi connectivity index (χ1n) is 7.49. The molecule has 2 rings (SSSR count). The lowest BCUT2D eigenvalue weighted by Gasteiger charge is -2.35. The Hall–Kier alpha value is -0.620. The van der Waals surface area contributed by atoms with E-state index in [-0.39, 0.29) is 23.8 Å². The monoisotopic (exact) mass is 304 g/mol. The summed E-state index contributed by atoms with van der Waals surface area (Å²) < 4.78 is 24.8. The lowest BCUT2D eigenvalue weighted by Crippen LogP contribution is -2.44. The number of carbonyl (C=O) groups is 1. The van der Waals surface area contributed by atoms with E-state index in [2.05, 4.69) is 0 Å². The van der Waals surface area contributed by atoms with E-state index in [9.17, 15) is 18.3 Å². The molecule has 0 aromatic rings. The Kier molecular flexibility index (Phi) is 4.74. The molecule has 0 aliphatic heterocycles. The fourth-order valence-corrected chi connectivity index (χ4v) is 5.79. The number of carboxylic acid groups (broad SMARTS) is 1.